The van der Waals surface area contributed by atoms with Gasteiger partial charge in [-0.3, -0.25) is 0 Å². The second-order valence-electron chi connectivity index (χ2n) is 8.62. The molecule has 6 rings (SSSR count). The normalized spacial score (nSPS) is 11.1. The van der Waals surface area contributed by atoms with Crippen LogP contribution in [0.2, 0.25) is 0 Å². The third kappa shape index (κ3) is 4.11. The van der Waals surface area contributed by atoms with E-state index in [1.54, 1.807) is 30.3 Å². The molecule has 0 saturated heterocycles. The largest absolute Gasteiger partial charge is 0.504 e. The first-order valence-corrected chi connectivity index (χ1v) is 11.7. The molecular formula is C29H21N5O4. The number of hydrogen-bond donors (Lipinski definition) is 3. The van der Waals surface area contributed by atoms with Crippen LogP contribution in [0.3, 0.4) is 0 Å². The average molecular weight is 504 g/mol. The van der Waals surface area contributed by atoms with Crippen molar-refractivity contribution < 1.29 is 19.7 Å². The summed E-state index contributed by atoms with van der Waals surface area (Å²) in [6, 6.07) is 26.5. The van der Waals surface area contributed by atoms with E-state index in [4.69, 9.17) is 14.7 Å². The molecule has 4 aromatic carbocycles. The maximum Gasteiger partial charge on any atom is 0.432 e. The fourth-order valence-electron chi connectivity index (χ4n) is 4.40. The molecule has 0 bridgehead atoms. The number of aromatic nitrogens is 4. The van der Waals surface area contributed by atoms with E-state index in [1.165, 1.54) is 13.3 Å². The van der Waals surface area contributed by atoms with Gasteiger partial charge in [-0.05, 0) is 41.5 Å². The van der Waals surface area contributed by atoms with E-state index >= 15 is 0 Å². The monoisotopic (exact) mass is 503 g/mol. The summed E-state index contributed by atoms with van der Waals surface area (Å²) in [5, 5.41) is 28.3. The van der Waals surface area contributed by atoms with Crippen LogP contribution in [0.5, 0.6) is 11.5 Å². The van der Waals surface area contributed by atoms with Crippen LogP contribution in [0.4, 0.5) is 16.3 Å². The van der Waals surface area contributed by atoms with Gasteiger partial charge in [-0.25, -0.2) is 14.8 Å². The van der Waals surface area contributed by atoms with Gasteiger partial charge in [0.2, 0.25) is 0 Å². The maximum absolute atomic E-state index is 11.4. The summed E-state index contributed by atoms with van der Waals surface area (Å²) in [6.45, 7) is 0. The van der Waals surface area contributed by atoms with Gasteiger partial charge < -0.3 is 20.3 Å². The molecule has 2 aromatic heterocycles. The van der Waals surface area contributed by atoms with Crippen molar-refractivity contribution in [3.8, 4) is 34.0 Å². The summed E-state index contributed by atoms with van der Waals surface area (Å²) in [7, 11) is 1.48. The number of benzene rings is 4. The van der Waals surface area contributed by atoms with E-state index in [9.17, 15) is 15.0 Å². The number of nitrogens with zero attached hydrogens (tertiary/aromatic N) is 4. The molecule has 9 heteroatoms. The molecule has 0 aliphatic rings. The van der Waals surface area contributed by atoms with Crippen molar-refractivity contribution in [1.29, 1.82) is 0 Å². The topological polar surface area (TPSA) is 122 Å². The molecular weight excluding hydrogens is 482 g/mol. The van der Waals surface area contributed by atoms with Crippen molar-refractivity contribution in [2.24, 2.45) is 0 Å². The number of phenols is 1. The van der Waals surface area contributed by atoms with E-state index in [0.717, 1.165) is 21.4 Å². The summed E-state index contributed by atoms with van der Waals surface area (Å²) in [5.74, 6) is 1.22. The van der Waals surface area contributed by atoms with Gasteiger partial charge in [0.05, 0.1) is 24.3 Å². The third-order valence-corrected chi connectivity index (χ3v) is 6.24. The van der Waals surface area contributed by atoms with Crippen molar-refractivity contribution in [1.82, 2.24) is 19.7 Å². The molecule has 0 aliphatic carbocycles. The predicted molar refractivity (Wildman–Crippen MR) is 145 cm³/mol. The molecule has 0 spiro atoms. The highest BCUT2D eigenvalue weighted by atomic mass is 16.5. The molecule has 6 aromatic rings. The Kier molecular flexibility index (Phi) is 5.57. The average Bonchev–Trinajstić information content (AvgIpc) is 3.37. The molecule has 186 valence electrons. The Morgan fingerprint density at radius 3 is 2.47 bits per heavy atom. The summed E-state index contributed by atoms with van der Waals surface area (Å²) in [4.78, 5) is 21.0. The van der Waals surface area contributed by atoms with Crippen LogP contribution in [0.25, 0.3) is 44.3 Å². The van der Waals surface area contributed by atoms with Crippen molar-refractivity contribution in [2.75, 3.05) is 12.4 Å². The first kappa shape index (κ1) is 23.0. The van der Waals surface area contributed by atoms with Crippen molar-refractivity contribution in [3.05, 3.63) is 91.1 Å². The van der Waals surface area contributed by atoms with E-state index in [-0.39, 0.29) is 5.75 Å². The van der Waals surface area contributed by atoms with Crippen LogP contribution in [0.15, 0.2) is 91.1 Å². The minimum Gasteiger partial charge on any atom is -0.504 e. The van der Waals surface area contributed by atoms with Crippen LogP contribution in [-0.2, 0) is 0 Å². The van der Waals surface area contributed by atoms with Gasteiger partial charge in [0.25, 0.3) is 0 Å². The quantitative estimate of drug-likeness (QED) is 0.251. The molecule has 0 fully saturated rings. The zero-order valence-electron chi connectivity index (χ0n) is 20.2. The number of phenolic OH excluding ortho intramolecular Hbond substituents is 1. The van der Waals surface area contributed by atoms with Gasteiger partial charge >= 0.3 is 6.09 Å². The number of hydrogen-bond acceptors (Lipinski definition) is 7. The zero-order valence-corrected chi connectivity index (χ0v) is 20.2. The standard InChI is InChI=1S/C29H21N5O4/c1-38-26-15-23-22(14-25(26)35)28(31-21-10-11-24-20(13-21)16-30-34(24)29(36)37)33-27(32-23)19-9-5-8-18(12-19)17-6-3-2-4-7-17/h2-16,35H,1H3,(H,36,37)(H,31,32,33). The molecule has 2 heterocycles. The minimum absolute atomic E-state index is 0.0383. The number of rotatable bonds is 5. The Balaban J connectivity index is 1.48. The lowest BCUT2D eigenvalue weighted by Crippen LogP contribution is -2.08. The second kappa shape index (κ2) is 9.21. The fourth-order valence-corrected chi connectivity index (χ4v) is 4.40. The molecule has 9 nitrogen and oxygen atoms in total. The number of methoxy groups -OCH3 is 1. The molecule has 0 unspecified atom stereocenters. The number of anilines is 2. The Morgan fingerprint density at radius 1 is 0.895 bits per heavy atom. The highest BCUT2D eigenvalue weighted by Gasteiger charge is 2.15. The van der Waals surface area contributed by atoms with Gasteiger partial charge in [0.1, 0.15) is 5.82 Å². The van der Waals surface area contributed by atoms with Crippen LogP contribution >= 0.6 is 0 Å². The molecule has 0 radical (unpaired) electrons. The van der Waals surface area contributed by atoms with Crippen LogP contribution in [0, 0.1) is 0 Å². The lowest BCUT2D eigenvalue weighted by Gasteiger charge is -2.13. The van der Waals surface area contributed by atoms with Crippen molar-refractivity contribution in [2.45, 2.75) is 0 Å². The third-order valence-electron chi connectivity index (χ3n) is 6.24. The molecule has 0 atom stereocenters. The van der Waals surface area contributed by atoms with Gasteiger partial charge in [-0.2, -0.15) is 9.78 Å². The van der Waals surface area contributed by atoms with E-state index < -0.39 is 6.09 Å². The zero-order chi connectivity index (χ0) is 26.2. The fraction of sp³-hybridized carbons (Fsp3) is 0.0345. The Labute approximate surface area is 216 Å². The number of carbonyl (C=O) groups is 1. The number of aromatic hydroxyl groups is 1. The van der Waals surface area contributed by atoms with Gasteiger partial charge in [0, 0.05) is 28.1 Å². The molecule has 0 amide bonds. The van der Waals surface area contributed by atoms with Gasteiger partial charge in [-0.1, -0.05) is 48.5 Å². The first-order valence-electron chi connectivity index (χ1n) is 11.7. The SMILES string of the molecule is COc1cc2nc(-c3cccc(-c4ccccc4)c3)nc(Nc3ccc4c(cnn4C(=O)O)c3)c2cc1O. The van der Waals surface area contributed by atoms with Gasteiger partial charge in [-0.15, -0.1) is 0 Å². The van der Waals surface area contributed by atoms with Gasteiger partial charge in [0.15, 0.2) is 17.3 Å². The maximum atomic E-state index is 11.4. The lowest BCUT2D eigenvalue weighted by atomic mass is 10.0. The Bertz CT molecular complexity index is 1830. The van der Waals surface area contributed by atoms with E-state index in [2.05, 4.69) is 10.4 Å². The first-order chi connectivity index (χ1) is 18.5. The van der Waals surface area contributed by atoms with Crippen LogP contribution < -0.4 is 10.1 Å². The number of nitrogens with one attached hydrogen (secondary N) is 1. The van der Waals surface area contributed by atoms with Crippen molar-refractivity contribution in [3.63, 3.8) is 0 Å². The Hall–Kier alpha value is -5.44. The highest BCUT2D eigenvalue weighted by Crippen LogP contribution is 2.36. The predicted octanol–water partition coefficient (Wildman–Crippen LogP) is 6.30. The minimum atomic E-state index is -1.16. The van der Waals surface area contributed by atoms with Crippen LogP contribution in [-0.4, -0.2) is 43.2 Å². The summed E-state index contributed by atoms with van der Waals surface area (Å²) in [5.41, 5.74) is 4.65. The molecule has 38 heavy (non-hydrogen) atoms. The highest BCUT2D eigenvalue weighted by molar-refractivity contribution is 5.96. The summed E-state index contributed by atoms with van der Waals surface area (Å²) >= 11 is 0. The molecule has 0 saturated carbocycles. The summed E-state index contributed by atoms with van der Waals surface area (Å²) < 4.78 is 6.23. The molecule has 0 aliphatic heterocycles. The Morgan fingerprint density at radius 2 is 1.68 bits per heavy atom. The number of ether oxygens (including phenoxy) is 1. The number of carboxylic acid groups (broad SMARTS) is 1. The van der Waals surface area contributed by atoms with E-state index in [0.29, 0.717) is 44.9 Å². The molecule has 3 N–H and O–H groups in total. The number of fused-ring (bicyclic) bond motifs is 2. The van der Waals surface area contributed by atoms with Crippen LogP contribution in [0.1, 0.15) is 0 Å². The summed E-state index contributed by atoms with van der Waals surface area (Å²) in [6.07, 6.45) is 0.332. The van der Waals surface area contributed by atoms with Crippen molar-refractivity contribution >= 4 is 39.4 Å². The lowest BCUT2D eigenvalue weighted by molar-refractivity contribution is 0.194. The second-order valence-corrected chi connectivity index (χ2v) is 8.62. The van der Waals surface area contributed by atoms with E-state index in [1.807, 2.05) is 54.6 Å². The smallest absolute Gasteiger partial charge is 0.432 e.